The molecule has 0 aliphatic heterocycles. The molecule has 3 nitrogen and oxygen atoms in total. The van der Waals surface area contributed by atoms with Crippen molar-refractivity contribution in [3.63, 3.8) is 0 Å². The molecule has 23 heavy (non-hydrogen) atoms. The van der Waals surface area contributed by atoms with Crippen LogP contribution in [-0.2, 0) is 11.2 Å². The Morgan fingerprint density at radius 3 is 2.35 bits per heavy atom. The van der Waals surface area contributed by atoms with Gasteiger partial charge in [0.2, 0.25) is 0 Å². The monoisotopic (exact) mass is 311 g/mol. The molecular formula is C20H25NO2. The van der Waals surface area contributed by atoms with Crippen molar-refractivity contribution in [3.8, 4) is 5.75 Å². The van der Waals surface area contributed by atoms with Gasteiger partial charge in [0.1, 0.15) is 5.75 Å². The third-order valence-corrected chi connectivity index (χ3v) is 3.95. The Morgan fingerprint density at radius 2 is 1.70 bits per heavy atom. The van der Waals surface area contributed by atoms with Crippen LogP contribution in [0.3, 0.4) is 0 Å². The number of ether oxygens (including phenoxy) is 1. The molecule has 1 N–H and O–H groups in total. The molecule has 2 aromatic carbocycles. The van der Waals surface area contributed by atoms with Gasteiger partial charge in [-0.2, -0.15) is 0 Å². The van der Waals surface area contributed by atoms with E-state index in [2.05, 4.69) is 19.2 Å². The third-order valence-electron chi connectivity index (χ3n) is 3.95. The molecule has 2 atom stereocenters. The number of amides is 1. The molecule has 2 aromatic rings. The Hall–Kier alpha value is -2.29. The standard InChI is InChI=1S/C20H25NO2/c1-4-16-11-9-10-14-19(16)23-15(3)20(22)21-18(5-2)17-12-7-6-8-13-17/h6-15,18H,4-5H2,1-3H3,(H,21,22)/t15-,18-/m0/s1. The lowest BCUT2D eigenvalue weighted by Gasteiger charge is -2.21. The Bertz CT molecular complexity index is 625. The Labute approximate surface area is 138 Å². The summed E-state index contributed by atoms with van der Waals surface area (Å²) in [6.45, 7) is 5.94. The molecule has 122 valence electrons. The summed E-state index contributed by atoms with van der Waals surface area (Å²) in [7, 11) is 0. The van der Waals surface area contributed by atoms with Crippen molar-refractivity contribution >= 4 is 5.91 Å². The van der Waals surface area contributed by atoms with Gasteiger partial charge in [-0.25, -0.2) is 0 Å². The van der Waals surface area contributed by atoms with E-state index in [4.69, 9.17) is 4.74 Å². The first kappa shape index (κ1) is 17.1. The Balaban J connectivity index is 2.02. The van der Waals surface area contributed by atoms with Gasteiger partial charge >= 0.3 is 0 Å². The van der Waals surface area contributed by atoms with Crippen molar-refractivity contribution in [1.82, 2.24) is 5.32 Å². The maximum absolute atomic E-state index is 12.5. The maximum atomic E-state index is 12.5. The summed E-state index contributed by atoms with van der Waals surface area (Å²) < 4.78 is 5.87. The van der Waals surface area contributed by atoms with Crippen LogP contribution in [0.2, 0.25) is 0 Å². The van der Waals surface area contributed by atoms with E-state index < -0.39 is 6.10 Å². The minimum Gasteiger partial charge on any atom is -0.481 e. The molecular weight excluding hydrogens is 286 g/mol. The van der Waals surface area contributed by atoms with E-state index in [-0.39, 0.29) is 11.9 Å². The molecule has 0 saturated carbocycles. The maximum Gasteiger partial charge on any atom is 0.261 e. The molecule has 0 fully saturated rings. The average molecular weight is 311 g/mol. The highest BCUT2D eigenvalue weighted by Gasteiger charge is 2.19. The van der Waals surface area contributed by atoms with Gasteiger partial charge in [-0.3, -0.25) is 4.79 Å². The zero-order valence-corrected chi connectivity index (χ0v) is 14.1. The molecule has 0 bridgehead atoms. The lowest BCUT2D eigenvalue weighted by Crippen LogP contribution is -2.38. The predicted octanol–water partition coefficient (Wildman–Crippen LogP) is 4.28. The van der Waals surface area contributed by atoms with Crippen LogP contribution >= 0.6 is 0 Å². The summed E-state index contributed by atoms with van der Waals surface area (Å²) >= 11 is 0. The second-order valence-electron chi connectivity index (χ2n) is 5.60. The summed E-state index contributed by atoms with van der Waals surface area (Å²) in [5.74, 6) is 0.692. The molecule has 1 amide bonds. The van der Waals surface area contributed by atoms with E-state index in [1.54, 1.807) is 6.92 Å². The zero-order chi connectivity index (χ0) is 16.7. The zero-order valence-electron chi connectivity index (χ0n) is 14.1. The fourth-order valence-corrected chi connectivity index (χ4v) is 2.55. The van der Waals surface area contributed by atoms with Crippen LogP contribution in [0.5, 0.6) is 5.75 Å². The number of hydrogen-bond donors (Lipinski definition) is 1. The second-order valence-corrected chi connectivity index (χ2v) is 5.60. The molecule has 0 aromatic heterocycles. The summed E-state index contributed by atoms with van der Waals surface area (Å²) in [6, 6.07) is 17.9. The number of hydrogen-bond acceptors (Lipinski definition) is 2. The van der Waals surface area contributed by atoms with Crippen LogP contribution in [0.15, 0.2) is 54.6 Å². The number of carbonyl (C=O) groups excluding carboxylic acids is 1. The quantitative estimate of drug-likeness (QED) is 0.828. The van der Waals surface area contributed by atoms with E-state index in [9.17, 15) is 4.79 Å². The highest BCUT2D eigenvalue weighted by molar-refractivity contribution is 5.81. The van der Waals surface area contributed by atoms with Crippen molar-refractivity contribution in [2.45, 2.75) is 45.8 Å². The fraction of sp³-hybridized carbons (Fsp3) is 0.350. The molecule has 0 aliphatic rings. The predicted molar refractivity (Wildman–Crippen MR) is 93.5 cm³/mol. The number of rotatable bonds is 7. The van der Waals surface area contributed by atoms with E-state index in [0.717, 1.165) is 29.7 Å². The van der Waals surface area contributed by atoms with Crippen molar-refractivity contribution in [2.75, 3.05) is 0 Å². The van der Waals surface area contributed by atoms with Gasteiger partial charge in [0.05, 0.1) is 6.04 Å². The number of benzene rings is 2. The van der Waals surface area contributed by atoms with Gasteiger partial charge in [-0.15, -0.1) is 0 Å². The van der Waals surface area contributed by atoms with Gasteiger partial charge in [0.25, 0.3) is 5.91 Å². The summed E-state index contributed by atoms with van der Waals surface area (Å²) in [5.41, 5.74) is 2.23. The molecule has 0 radical (unpaired) electrons. The fourth-order valence-electron chi connectivity index (χ4n) is 2.55. The second kappa shape index (κ2) is 8.37. The molecule has 0 saturated heterocycles. The summed E-state index contributed by atoms with van der Waals surface area (Å²) in [4.78, 5) is 12.5. The third kappa shape index (κ3) is 4.59. The van der Waals surface area contributed by atoms with Crippen LogP contribution < -0.4 is 10.1 Å². The van der Waals surface area contributed by atoms with Crippen molar-refractivity contribution < 1.29 is 9.53 Å². The van der Waals surface area contributed by atoms with Crippen LogP contribution in [0.1, 0.15) is 44.4 Å². The average Bonchev–Trinajstić information content (AvgIpc) is 2.60. The number of aryl methyl sites for hydroxylation is 1. The minimum absolute atomic E-state index is 0.0103. The molecule has 2 rings (SSSR count). The topological polar surface area (TPSA) is 38.3 Å². The van der Waals surface area contributed by atoms with Gasteiger partial charge in [0, 0.05) is 0 Å². The van der Waals surface area contributed by atoms with Gasteiger partial charge in [-0.1, -0.05) is 62.4 Å². The normalized spacial score (nSPS) is 13.2. The summed E-state index contributed by atoms with van der Waals surface area (Å²) in [5, 5.41) is 3.08. The van der Waals surface area contributed by atoms with Gasteiger partial charge < -0.3 is 10.1 Å². The van der Waals surface area contributed by atoms with Gasteiger partial charge in [-0.05, 0) is 37.0 Å². The molecule has 0 spiro atoms. The van der Waals surface area contributed by atoms with E-state index in [0.29, 0.717) is 0 Å². The van der Waals surface area contributed by atoms with Crippen LogP contribution in [-0.4, -0.2) is 12.0 Å². The van der Waals surface area contributed by atoms with Crippen molar-refractivity contribution in [1.29, 1.82) is 0 Å². The van der Waals surface area contributed by atoms with Gasteiger partial charge in [0.15, 0.2) is 6.10 Å². The van der Waals surface area contributed by atoms with Crippen molar-refractivity contribution in [2.24, 2.45) is 0 Å². The first-order valence-electron chi connectivity index (χ1n) is 8.25. The van der Waals surface area contributed by atoms with Crippen LogP contribution in [0, 0.1) is 0 Å². The van der Waals surface area contributed by atoms with Crippen molar-refractivity contribution in [3.05, 3.63) is 65.7 Å². The lowest BCUT2D eigenvalue weighted by molar-refractivity contribution is -0.128. The molecule has 0 unspecified atom stereocenters. The number of carbonyl (C=O) groups is 1. The first-order chi connectivity index (χ1) is 11.2. The Kier molecular flexibility index (Phi) is 6.21. The number of nitrogens with one attached hydrogen (secondary N) is 1. The molecule has 0 heterocycles. The number of para-hydroxylation sites is 1. The lowest BCUT2D eigenvalue weighted by atomic mass is 10.0. The SMILES string of the molecule is CCc1ccccc1O[C@@H](C)C(=O)N[C@@H](CC)c1ccccc1. The molecule has 3 heteroatoms. The smallest absolute Gasteiger partial charge is 0.261 e. The first-order valence-corrected chi connectivity index (χ1v) is 8.25. The van der Waals surface area contributed by atoms with E-state index in [1.165, 1.54) is 0 Å². The Morgan fingerprint density at radius 1 is 1.04 bits per heavy atom. The van der Waals surface area contributed by atoms with E-state index in [1.807, 2.05) is 54.6 Å². The summed E-state index contributed by atoms with van der Waals surface area (Å²) in [6.07, 6.45) is 1.20. The molecule has 0 aliphatic carbocycles. The minimum atomic E-state index is -0.527. The highest BCUT2D eigenvalue weighted by Crippen LogP contribution is 2.21. The van der Waals surface area contributed by atoms with E-state index >= 15 is 0 Å². The highest BCUT2D eigenvalue weighted by atomic mass is 16.5. The van der Waals surface area contributed by atoms with Crippen LogP contribution in [0.4, 0.5) is 0 Å². The largest absolute Gasteiger partial charge is 0.481 e. The van der Waals surface area contributed by atoms with Crippen LogP contribution in [0.25, 0.3) is 0 Å².